The molecule has 0 radical (unpaired) electrons. The fraction of sp³-hybridized carbons (Fsp3) is 0.217. The fourth-order valence-corrected chi connectivity index (χ4v) is 4.30. The fourth-order valence-electron chi connectivity index (χ4n) is 3.80. The molecule has 1 saturated carbocycles. The van der Waals surface area contributed by atoms with Crippen LogP contribution in [0.2, 0.25) is 10.0 Å². The summed E-state index contributed by atoms with van der Waals surface area (Å²) in [5.74, 6) is 0.314. The van der Waals surface area contributed by atoms with Gasteiger partial charge in [0, 0.05) is 16.3 Å². The van der Waals surface area contributed by atoms with Crippen molar-refractivity contribution in [3.05, 3.63) is 76.0 Å². The number of nitriles is 1. The van der Waals surface area contributed by atoms with E-state index in [9.17, 15) is 10.1 Å². The molecule has 146 valence electrons. The zero-order chi connectivity index (χ0) is 20.4. The average Bonchev–Trinajstić information content (AvgIpc) is 3.39. The predicted octanol–water partition coefficient (Wildman–Crippen LogP) is 6.84. The summed E-state index contributed by atoms with van der Waals surface area (Å²) in [5.41, 5.74) is 1.93. The third-order valence-corrected chi connectivity index (χ3v) is 5.94. The minimum atomic E-state index is -0.393. The van der Waals surface area contributed by atoms with Crippen molar-refractivity contribution in [3.63, 3.8) is 0 Å². The number of rotatable bonds is 4. The maximum Gasteiger partial charge on any atom is 0.291 e. The molecule has 3 aromatic rings. The molecule has 1 fully saturated rings. The Balaban J connectivity index is 1.49. The smallest absolute Gasteiger partial charge is 0.291 e. The number of nitrogens with one attached hydrogen (secondary N) is 1. The molecular formula is C23H18Cl2N2O2. The van der Waals surface area contributed by atoms with Gasteiger partial charge in [-0.25, -0.2) is 0 Å². The van der Waals surface area contributed by atoms with Gasteiger partial charge in [-0.2, -0.15) is 5.26 Å². The van der Waals surface area contributed by atoms with Crippen LogP contribution in [0.25, 0.3) is 11.3 Å². The zero-order valence-corrected chi connectivity index (χ0v) is 17.1. The highest BCUT2D eigenvalue weighted by Crippen LogP contribution is 2.40. The van der Waals surface area contributed by atoms with Crippen molar-refractivity contribution in [2.24, 2.45) is 0 Å². The van der Waals surface area contributed by atoms with E-state index >= 15 is 0 Å². The molecule has 0 bridgehead atoms. The van der Waals surface area contributed by atoms with E-state index in [2.05, 4.69) is 11.4 Å². The topological polar surface area (TPSA) is 66.0 Å². The van der Waals surface area contributed by atoms with Crippen LogP contribution in [0.15, 0.2) is 59.0 Å². The summed E-state index contributed by atoms with van der Waals surface area (Å²) in [6, 6.07) is 18.4. The van der Waals surface area contributed by atoms with Crippen molar-refractivity contribution in [1.82, 2.24) is 0 Å². The van der Waals surface area contributed by atoms with Gasteiger partial charge in [0.15, 0.2) is 5.76 Å². The summed E-state index contributed by atoms with van der Waals surface area (Å²) >= 11 is 12.1. The Morgan fingerprint density at radius 3 is 2.41 bits per heavy atom. The number of hydrogen-bond acceptors (Lipinski definition) is 3. The number of anilines is 1. The third-order valence-electron chi connectivity index (χ3n) is 5.39. The maximum atomic E-state index is 12.5. The van der Waals surface area contributed by atoms with Crippen molar-refractivity contribution in [2.75, 3.05) is 5.32 Å². The van der Waals surface area contributed by atoms with Gasteiger partial charge >= 0.3 is 0 Å². The molecule has 1 heterocycles. The molecule has 0 atom stereocenters. The summed E-state index contributed by atoms with van der Waals surface area (Å²) in [4.78, 5) is 12.5. The van der Waals surface area contributed by atoms with Crippen molar-refractivity contribution in [3.8, 4) is 17.4 Å². The van der Waals surface area contributed by atoms with E-state index in [1.54, 1.807) is 30.3 Å². The highest BCUT2D eigenvalue weighted by molar-refractivity contribution is 6.36. The number of carbonyl (C=O) groups is 1. The van der Waals surface area contributed by atoms with Crippen LogP contribution in [0.5, 0.6) is 0 Å². The second kappa shape index (κ2) is 7.94. The lowest BCUT2D eigenvalue weighted by atomic mass is 9.80. The Morgan fingerprint density at radius 2 is 1.76 bits per heavy atom. The van der Waals surface area contributed by atoms with Crippen molar-refractivity contribution in [1.29, 1.82) is 5.26 Å². The molecule has 1 amide bonds. The van der Waals surface area contributed by atoms with Crippen LogP contribution in [-0.4, -0.2) is 5.91 Å². The first-order valence-corrected chi connectivity index (χ1v) is 10.1. The molecule has 29 heavy (non-hydrogen) atoms. The zero-order valence-electron chi connectivity index (χ0n) is 15.5. The molecule has 0 aliphatic heterocycles. The molecule has 6 heteroatoms. The van der Waals surface area contributed by atoms with Crippen molar-refractivity contribution >= 4 is 34.8 Å². The quantitative estimate of drug-likeness (QED) is 0.498. The lowest BCUT2D eigenvalue weighted by Gasteiger charge is -2.20. The first-order valence-electron chi connectivity index (χ1n) is 9.39. The van der Waals surface area contributed by atoms with E-state index in [4.69, 9.17) is 27.6 Å². The van der Waals surface area contributed by atoms with Crippen LogP contribution >= 0.6 is 23.2 Å². The van der Waals surface area contributed by atoms with Crippen LogP contribution in [0, 0.1) is 11.3 Å². The Morgan fingerprint density at radius 1 is 1.03 bits per heavy atom. The lowest BCUT2D eigenvalue weighted by molar-refractivity contribution is 0.0997. The van der Waals surface area contributed by atoms with Crippen molar-refractivity contribution in [2.45, 2.75) is 31.1 Å². The Bertz CT molecular complexity index is 1090. The largest absolute Gasteiger partial charge is 0.451 e. The van der Waals surface area contributed by atoms with Crippen LogP contribution in [0.4, 0.5) is 5.69 Å². The minimum Gasteiger partial charge on any atom is -0.451 e. The number of benzene rings is 2. The maximum absolute atomic E-state index is 12.5. The minimum absolute atomic E-state index is 0.180. The first-order chi connectivity index (χ1) is 14.0. The number of hydrogen-bond donors (Lipinski definition) is 1. The van der Waals surface area contributed by atoms with Gasteiger partial charge < -0.3 is 9.73 Å². The molecular weight excluding hydrogens is 407 g/mol. The summed E-state index contributed by atoms with van der Waals surface area (Å²) in [7, 11) is 0. The summed E-state index contributed by atoms with van der Waals surface area (Å²) in [5, 5.41) is 13.4. The lowest BCUT2D eigenvalue weighted by Crippen LogP contribution is -2.19. The molecule has 4 nitrogen and oxygen atoms in total. The second-order valence-corrected chi connectivity index (χ2v) is 8.06. The van der Waals surface area contributed by atoms with Crippen LogP contribution in [0.1, 0.15) is 41.8 Å². The number of amides is 1. The standard InChI is InChI=1S/C23H18Cl2N2O2/c24-16-5-8-18(19(25)13-16)20-9-10-21(29-20)22(28)27-17-6-3-15(4-7-17)23(14-26)11-1-2-12-23/h3-10,13H,1-2,11-12H2,(H,27,28). The molecule has 1 aliphatic carbocycles. The number of nitrogens with zero attached hydrogens (tertiary/aromatic N) is 1. The molecule has 1 aromatic heterocycles. The van der Waals surface area contributed by atoms with Gasteiger partial charge in [-0.05, 0) is 60.9 Å². The SMILES string of the molecule is N#CC1(c2ccc(NC(=O)c3ccc(-c4ccc(Cl)cc4Cl)o3)cc2)CCCC1. The highest BCUT2D eigenvalue weighted by atomic mass is 35.5. The Hall–Kier alpha value is -2.74. The van der Waals surface area contributed by atoms with Gasteiger partial charge in [0.05, 0.1) is 16.5 Å². The number of furan rings is 1. The third kappa shape index (κ3) is 3.89. The molecule has 1 N–H and O–H groups in total. The summed E-state index contributed by atoms with van der Waals surface area (Å²) in [6.45, 7) is 0. The molecule has 4 rings (SSSR count). The number of halogens is 2. The average molecular weight is 425 g/mol. The molecule has 0 spiro atoms. The number of carbonyl (C=O) groups excluding carboxylic acids is 1. The van der Waals surface area contributed by atoms with E-state index in [1.165, 1.54) is 0 Å². The summed E-state index contributed by atoms with van der Waals surface area (Å²) < 4.78 is 5.68. The first kappa shape index (κ1) is 19.6. The van der Waals surface area contributed by atoms with Gasteiger partial charge in [0.25, 0.3) is 5.91 Å². The van der Waals surface area contributed by atoms with Crippen LogP contribution < -0.4 is 5.32 Å². The van der Waals surface area contributed by atoms with Gasteiger partial charge in [0.1, 0.15) is 5.76 Å². The molecule has 0 unspecified atom stereocenters. The van der Waals surface area contributed by atoms with Crippen LogP contribution in [0.3, 0.4) is 0 Å². The van der Waals surface area contributed by atoms with Gasteiger partial charge in [-0.15, -0.1) is 0 Å². The normalized spacial score (nSPS) is 15.1. The molecule has 2 aromatic carbocycles. The molecule has 0 saturated heterocycles. The van der Waals surface area contributed by atoms with E-state index < -0.39 is 5.41 Å². The van der Waals surface area contributed by atoms with E-state index in [0.717, 1.165) is 31.2 Å². The van der Waals surface area contributed by atoms with E-state index in [1.807, 2.05) is 24.3 Å². The van der Waals surface area contributed by atoms with Gasteiger partial charge in [-0.1, -0.05) is 48.2 Å². The van der Waals surface area contributed by atoms with E-state index in [0.29, 0.717) is 27.1 Å². The summed E-state index contributed by atoms with van der Waals surface area (Å²) in [6.07, 6.45) is 3.92. The second-order valence-electron chi connectivity index (χ2n) is 7.22. The van der Waals surface area contributed by atoms with Crippen molar-refractivity contribution < 1.29 is 9.21 Å². The Labute approximate surface area is 179 Å². The highest BCUT2D eigenvalue weighted by Gasteiger charge is 2.35. The van der Waals surface area contributed by atoms with Crippen LogP contribution in [-0.2, 0) is 5.41 Å². The predicted molar refractivity (Wildman–Crippen MR) is 114 cm³/mol. The van der Waals surface area contributed by atoms with E-state index in [-0.39, 0.29) is 11.7 Å². The Kier molecular flexibility index (Phi) is 5.36. The molecule has 1 aliphatic rings. The van der Waals surface area contributed by atoms with Gasteiger partial charge in [0.2, 0.25) is 0 Å². The monoisotopic (exact) mass is 424 g/mol. The van der Waals surface area contributed by atoms with Gasteiger partial charge in [-0.3, -0.25) is 4.79 Å².